The van der Waals surface area contributed by atoms with Crippen molar-refractivity contribution < 1.29 is 19.1 Å². The molecule has 2 aromatic carbocycles. The molecule has 0 spiro atoms. The highest BCUT2D eigenvalue weighted by atomic mass is 35.5. The van der Waals surface area contributed by atoms with Gasteiger partial charge in [0.2, 0.25) is 0 Å². The zero-order chi connectivity index (χ0) is 20.8. The molecule has 0 radical (unpaired) electrons. The van der Waals surface area contributed by atoms with Crippen molar-refractivity contribution in [3.05, 3.63) is 64.8 Å². The molecule has 150 valence electrons. The lowest BCUT2D eigenvalue weighted by atomic mass is 10.2. The Hall–Kier alpha value is -3.32. The van der Waals surface area contributed by atoms with E-state index in [1.165, 1.54) is 0 Å². The van der Waals surface area contributed by atoms with Crippen LogP contribution in [0.4, 0.5) is 10.5 Å². The van der Waals surface area contributed by atoms with Crippen LogP contribution in [0, 0.1) is 0 Å². The fourth-order valence-corrected chi connectivity index (χ4v) is 2.99. The van der Waals surface area contributed by atoms with Crippen molar-refractivity contribution in [2.24, 2.45) is 0 Å². The Morgan fingerprint density at radius 2 is 1.97 bits per heavy atom. The van der Waals surface area contributed by atoms with Gasteiger partial charge in [0.05, 0.1) is 5.02 Å². The molecule has 2 N–H and O–H groups in total. The van der Waals surface area contributed by atoms with Gasteiger partial charge in [-0.1, -0.05) is 42.8 Å². The van der Waals surface area contributed by atoms with E-state index in [0.717, 1.165) is 4.90 Å². The van der Waals surface area contributed by atoms with Crippen LogP contribution >= 0.6 is 11.6 Å². The number of para-hydroxylation sites is 1. The van der Waals surface area contributed by atoms with Gasteiger partial charge in [-0.25, -0.2) is 4.79 Å². The van der Waals surface area contributed by atoms with E-state index in [9.17, 15) is 14.4 Å². The summed E-state index contributed by atoms with van der Waals surface area (Å²) in [6.45, 7) is 2.05. The quantitative estimate of drug-likeness (QED) is 0.535. The monoisotopic (exact) mass is 413 g/mol. The first kappa shape index (κ1) is 20.4. The molecule has 29 heavy (non-hydrogen) atoms. The summed E-state index contributed by atoms with van der Waals surface area (Å²) < 4.78 is 5.47. The van der Waals surface area contributed by atoms with Crippen molar-refractivity contribution in [2.75, 3.05) is 18.5 Å². The Morgan fingerprint density at radius 3 is 2.66 bits per heavy atom. The van der Waals surface area contributed by atoms with Crippen molar-refractivity contribution in [1.29, 1.82) is 0 Å². The molecule has 0 unspecified atom stereocenters. The van der Waals surface area contributed by atoms with Crippen molar-refractivity contribution in [3.8, 4) is 5.75 Å². The zero-order valence-electron chi connectivity index (χ0n) is 15.8. The highest BCUT2D eigenvalue weighted by Crippen LogP contribution is 2.27. The van der Waals surface area contributed by atoms with Gasteiger partial charge in [-0.2, -0.15) is 0 Å². The molecule has 0 aromatic heterocycles. The van der Waals surface area contributed by atoms with E-state index < -0.39 is 6.03 Å². The van der Waals surface area contributed by atoms with Gasteiger partial charge in [0.1, 0.15) is 11.4 Å². The van der Waals surface area contributed by atoms with Gasteiger partial charge in [-0.05, 0) is 42.3 Å². The Balaban J connectivity index is 1.62. The van der Waals surface area contributed by atoms with Crippen LogP contribution in [0.5, 0.6) is 5.75 Å². The molecule has 0 aliphatic carbocycles. The minimum atomic E-state index is -0.432. The second kappa shape index (κ2) is 9.25. The van der Waals surface area contributed by atoms with E-state index in [2.05, 4.69) is 10.6 Å². The number of urea groups is 1. The molecular weight excluding hydrogens is 394 g/mol. The maximum atomic E-state index is 12.3. The standard InChI is InChI=1S/C21H20ClN3O4/c1-2-10-25-20(27)17(24-21(25)28)12-14-8-9-18(16(22)11-14)29-13-19(26)23-15-6-4-3-5-7-15/h3-9,11-12H,2,10,13H2,1H3,(H,23,26)(H,24,28)/b17-12+. The molecule has 1 fully saturated rings. The summed E-state index contributed by atoms with van der Waals surface area (Å²) in [7, 11) is 0. The zero-order valence-corrected chi connectivity index (χ0v) is 16.5. The highest BCUT2D eigenvalue weighted by molar-refractivity contribution is 6.32. The minimum Gasteiger partial charge on any atom is -0.482 e. The number of rotatable bonds is 7. The van der Waals surface area contributed by atoms with E-state index >= 15 is 0 Å². The lowest BCUT2D eigenvalue weighted by Gasteiger charge is -2.10. The summed E-state index contributed by atoms with van der Waals surface area (Å²) in [5, 5.41) is 5.56. The Morgan fingerprint density at radius 1 is 1.21 bits per heavy atom. The summed E-state index contributed by atoms with van der Waals surface area (Å²) in [5.74, 6) is -0.342. The van der Waals surface area contributed by atoms with E-state index in [4.69, 9.17) is 16.3 Å². The second-order valence-corrected chi connectivity index (χ2v) is 6.74. The first-order chi connectivity index (χ1) is 14.0. The van der Waals surface area contributed by atoms with Crippen LogP contribution in [0.1, 0.15) is 18.9 Å². The van der Waals surface area contributed by atoms with Gasteiger partial charge in [0.15, 0.2) is 6.61 Å². The van der Waals surface area contributed by atoms with Crippen LogP contribution in [-0.4, -0.2) is 35.9 Å². The van der Waals surface area contributed by atoms with Crippen LogP contribution in [0.2, 0.25) is 5.02 Å². The number of carbonyl (C=O) groups is 3. The maximum Gasteiger partial charge on any atom is 0.329 e. The molecular formula is C21H20ClN3O4. The SMILES string of the molecule is CCCN1C(=O)N/C(=C/c2ccc(OCC(=O)Nc3ccccc3)c(Cl)c2)C1=O. The molecule has 1 heterocycles. The van der Waals surface area contributed by atoms with Crippen molar-refractivity contribution in [2.45, 2.75) is 13.3 Å². The Kier molecular flexibility index (Phi) is 6.51. The smallest absolute Gasteiger partial charge is 0.329 e. The number of amides is 4. The predicted octanol–water partition coefficient (Wildman–Crippen LogP) is 3.66. The van der Waals surface area contributed by atoms with Crippen molar-refractivity contribution >= 4 is 41.2 Å². The first-order valence-corrected chi connectivity index (χ1v) is 9.47. The number of nitrogens with zero attached hydrogens (tertiary/aromatic N) is 1. The van der Waals surface area contributed by atoms with Gasteiger partial charge in [0, 0.05) is 12.2 Å². The van der Waals surface area contributed by atoms with Crippen LogP contribution in [0.25, 0.3) is 6.08 Å². The number of nitrogens with one attached hydrogen (secondary N) is 2. The summed E-state index contributed by atoms with van der Waals surface area (Å²) in [4.78, 5) is 37.2. The molecule has 2 aromatic rings. The fraction of sp³-hybridized carbons (Fsp3) is 0.190. The van der Waals surface area contributed by atoms with E-state index in [0.29, 0.717) is 30.0 Å². The van der Waals surface area contributed by atoms with E-state index in [1.54, 1.807) is 36.4 Å². The summed E-state index contributed by atoms with van der Waals surface area (Å²) in [5.41, 5.74) is 1.49. The van der Waals surface area contributed by atoms with Crippen LogP contribution in [0.15, 0.2) is 54.2 Å². The average Bonchev–Trinajstić information content (AvgIpc) is 2.96. The normalized spacial score (nSPS) is 14.8. The van der Waals surface area contributed by atoms with Gasteiger partial charge in [0.25, 0.3) is 11.8 Å². The number of hydrogen-bond acceptors (Lipinski definition) is 4. The molecule has 0 bridgehead atoms. The minimum absolute atomic E-state index is 0.190. The molecule has 0 saturated carbocycles. The number of halogens is 1. The Labute approximate surface area is 173 Å². The number of ether oxygens (including phenoxy) is 1. The number of hydrogen-bond donors (Lipinski definition) is 2. The third kappa shape index (κ3) is 5.14. The third-order valence-electron chi connectivity index (χ3n) is 4.09. The van der Waals surface area contributed by atoms with Gasteiger partial charge < -0.3 is 15.4 Å². The maximum absolute atomic E-state index is 12.3. The lowest BCUT2D eigenvalue weighted by Crippen LogP contribution is -2.31. The molecule has 1 aliphatic rings. The largest absolute Gasteiger partial charge is 0.482 e. The van der Waals surface area contributed by atoms with Gasteiger partial charge >= 0.3 is 6.03 Å². The number of carbonyl (C=O) groups excluding carboxylic acids is 3. The fourth-order valence-electron chi connectivity index (χ4n) is 2.75. The van der Waals surface area contributed by atoms with Crippen molar-refractivity contribution in [3.63, 3.8) is 0 Å². The number of anilines is 1. The Bertz CT molecular complexity index is 960. The topological polar surface area (TPSA) is 87.7 Å². The number of imide groups is 1. The summed E-state index contributed by atoms with van der Waals surface area (Å²) >= 11 is 6.23. The molecule has 1 saturated heterocycles. The third-order valence-corrected chi connectivity index (χ3v) is 4.39. The molecule has 4 amide bonds. The van der Waals surface area contributed by atoms with E-state index in [-0.39, 0.29) is 29.1 Å². The molecule has 8 heteroatoms. The molecule has 1 aliphatic heterocycles. The lowest BCUT2D eigenvalue weighted by molar-refractivity contribution is -0.123. The van der Waals surface area contributed by atoms with Crippen LogP contribution in [0.3, 0.4) is 0 Å². The molecule has 3 rings (SSSR count). The van der Waals surface area contributed by atoms with Crippen LogP contribution in [-0.2, 0) is 9.59 Å². The van der Waals surface area contributed by atoms with Gasteiger partial charge in [-0.3, -0.25) is 14.5 Å². The van der Waals surface area contributed by atoms with Gasteiger partial charge in [-0.15, -0.1) is 0 Å². The first-order valence-electron chi connectivity index (χ1n) is 9.09. The van der Waals surface area contributed by atoms with E-state index in [1.807, 2.05) is 25.1 Å². The molecule has 7 nitrogen and oxygen atoms in total. The summed E-state index contributed by atoms with van der Waals surface area (Å²) in [6.07, 6.45) is 2.23. The van der Waals surface area contributed by atoms with Crippen LogP contribution < -0.4 is 15.4 Å². The average molecular weight is 414 g/mol. The predicted molar refractivity (Wildman–Crippen MR) is 111 cm³/mol. The van der Waals surface area contributed by atoms with Crippen molar-refractivity contribution in [1.82, 2.24) is 10.2 Å². The number of benzene rings is 2. The summed E-state index contributed by atoms with van der Waals surface area (Å²) in [6, 6.07) is 13.5. The highest BCUT2D eigenvalue weighted by Gasteiger charge is 2.32. The second-order valence-electron chi connectivity index (χ2n) is 6.34. The molecule has 0 atom stereocenters.